The van der Waals surface area contributed by atoms with Gasteiger partial charge in [0, 0.05) is 50.5 Å². The lowest BCUT2D eigenvalue weighted by Crippen LogP contribution is -2.18. The highest BCUT2D eigenvalue weighted by molar-refractivity contribution is 6.14. The molecule has 1 aliphatic rings. The number of nitrogens with zero attached hydrogens (tertiary/aromatic N) is 4. The molecule has 0 aliphatic heterocycles. The zero-order valence-corrected chi connectivity index (χ0v) is 28.1. The molecule has 10 aromatic rings. The van der Waals surface area contributed by atoms with Gasteiger partial charge in [0.05, 0.1) is 22.4 Å². The molecule has 11 rings (SSSR count). The Bertz CT molecular complexity index is 3060. The van der Waals surface area contributed by atoms with E-state index in [0.29, 0.717) is 0 Å². The van der Waals surface area contributed by atoms with Gasteiger partial charge in [-0.05, 0) is 82.1 Å². The first kappa shape index (κ1) is 28.3. The Morgan fingerprint density at radius 1 is 0.529 bits per heavy atom. The number of aromatic nitrogens is 4. The minimum Gasteiger partial charge on any atom is -0.456 e. The van der Waals surface area contributed by atoms with Gasteiger partial charge in [-0.15, -0.1) is 0 Å². The van der Waals surface area contributed by atoms with Crippen LogP contribution in [0.2, 0.25) is 0 Å². The van der Waals surface area contributed by atoms with E-state index in [0.717, 1.165) is 78.1 Å². The average Bonchev–Trinajstić information content (AvgIpc) is 3.78. The lowest BCUT2D eigenvalue weighted by Gasteiger charge is -2.21. The average molecular weight is 655 g/mol. The van der Waals surface area contributed by atoms with E-state index in [1.807, 2.05) is 36.7 Å². The number of rotatable bonds is 3. The molecule has 51 heavy (non-hydrogen) atoms. The quantitative estimate of drug-likeness (QED) is 0.190. The Labute approximate surface area is 293 Å². The van der Waals surface area contributed by atoms with Crippen LogP contribution in [0.25, 0.3) is 94.0 Å². The molecule has 0 atom stereocenters. The van der Waals surface area contributed by atoms with Crippen LogP contribution in [0.4, 0.5) is 0 Å². The van der Waals surface area contributed by atoms with Crippen LogP contribution >= 0.6 is 0 Å². The molecule has 5 nitrogen and oxygen atoms in total. The number of hydrogen-bond acceptors (Lipinski definition) is 4. The Balaban J connectivity index is 1.19. The number of fused-ring (bicyclic) bond motifs is 10. The van der Waals surface area contributed by atoms with Gasteiger partial charge < -0.3 is 4.42 Å². The number of hydrogen-bond donors (Lipinski definition) is 0. The summed E-state index contributed by atoms with van der Waals surface area (Å²) in [6.45, 7) is 4.52. The molecule has 1 aliphatic carbocycles. The first-order valence-electron chi connectivity index (χ1n) is 17.3. The second-order valence-electron chi connectivity index (χ2n) is 14.1. The maximum atomic E-state index is 6.15. The molecule has 0 N–H and O–H groups in total. The third-order valence-electron chi connectivity index (χ3n) is 10.8. The third-order valence-corrected chi connectivity index (χ3v) is 10.8. The topological polar surface area (TPSA) is 56.7 Å². The fraction of sp³-hybridized carbons (Fsp3) is 0.0652. The van der Waals surface area contributed by atoms with Gasteiger partial charge in [-0.25, -0.2) is 9.97 Å². The number of para-hydroxylation sites is 2. The summed E-state index contributed by atoms with van der Waals surface area (Å²) in [5.74, 6) is 0.807. The largest absolute Gasteiger partial charge is 0.456 e. The third kappa shape index (κ3) is 4.00. The second kappa shape index (κ2) is 10.2. The van der Waals surface area contributed by atoms with E-state index in [-0.39, 0.29) is 5.41 Å². The maximum absolute atomic E-state index is 6.15. The summed E-state index contributed by atoms with van der Waals surface area (Å²) in [6, 6.07) is 47.4. The highest BCUT2D eigenvalue weighted by Gasteiger charge is 2.40. The van der Waals surface area contributed by atoms with Crippen LogP contribution < -0.4 is 0 Å². The highest BCUT2D eigenvalue weighted by Crippen LogP contribution is 2.50. The van der Waals surface area contributed by atoms with Crippen LogP contribution in [-0.2, 0) is 5.41 Å². The molecule has 0 spiro atoms. The molecule has 0 unspecified atom stereocenters. The maximum Gasteiger partial charge on any atom is 0.165 e. The van der Waals surface area contributed by atoms with E-state index < -0.39 is 0 Å². The second-order valence-corrected chi connectivity index (χ2v) is 14.1. The van der Waals surface area contributed by atoms with Crippen LogP contribution in [0.15, 0.2) is 150 Å². The molecular formula is C46H30N4O. The van der Waals surface area contributed by atoms with Crippen molar-refractivity contribution in [2.75, 3.05) is 0 Å². The summed E-state index contributed by atoms with van der Waals surface area (Å²) in [5, 5.41) is 7.02. The lowest BCUT2D eigenvalue weighted by atomic mass is 9.84. The zero-order valence-electron chi connectivity index (χ0n) is 28.1. The molecule has 0 fully saturated rings. The minimum absolute atomic E-state index is 0.349. The summed E-state index contributed by atoms with van der Waals surface area (Å²) >= 11 is 0. The summed E-state index contributed by atoms with van der Waals surface area (Å²) in [4.78, 5) is 15.6. The molecule has 0 amide bonds. The van der Waals surface area contributed by atoms with Crippen molar-refractivity contribution in [1.29, 1.82) is 0 Å². The van der Waals surface area contributed by atoms with Crippen molar-refractivity contribution in [1.82, 2.24) is 19.5 Å². The standard InChI is InChI=1S/C46H30N4O/c1-46(2)37-17-15-30(31-16-18-41-35(24-31)33-12-6-8-14-40(33)51-41)25-36(37)43-44(46)48-42(27-19-21-47-22-20-27)45(49-43)50-38-13-7-5-11-32(38)34-23-28-9-3-4-10-29(28)26-39(34)50/h3-26H,1-2H3. The van der Waals surface area contributed by atoms with Gasteiger partial charge in [-0.2, -0.15) is 0 Å². The van der Waals surface area contributed by atoms with Crippen molar-refractivity contribution in [3.05, 3.63) is 157 Å². The normalized spacial score (nSPS) is 13.5. The van der Waals surface area contributed by atoms with Gasteiger partial charge in [0.25, 0.3) is 0 Å². The van der Waals surface area contributed by atoms with Crippen molar-refractivity contribution in [3.63, 3.8) is 0 Å². The number of furan rings is 1. The van der Waals surface area contributed by atoms with E-state index in [4.69, 9.17) is 14.4 Å². The molecular weight excluding hydrogens is 625 g/mol. The van der Waals surface area contributed by atoms with Crippen molar-refractivity contribution >= 4 is 54.5 Å². The fourth-order valence-electron chi connectivity index (χ4n) is 8.29. The van der Waals surface area contributed by atoms with Crippen molar-refractivity contribution < 1.29 is 4.42 Å². The first-order valence-corrected chi connectivity index (χ1v) is 17.3. The molecule has 0 saturated carbocycles. The predicted molar refractivity (Wildman–Crippen MR) is 207 cm³/mol. The van der Waals surface area contributed by atoms with Gasteiger partial charge in [-0.1, -0.05) is 92.7 Å². The van der Waals surface area contributed by atoms with E-state index in [1.54, 1.807) is 0 Å². The van der Waals surface area contributed by atoms with Crippen molar-refractivity contribution in [2.45, 2.75) is 19.3 Å². The summed E-state index contributed by atoms with van der Waals surface area (Å²) < 4.78 is 8.46. The Kier molecular flexibility index (Phi) is 5.66. The zero-order chi connectivity index (χ0) is 33.8. The van der Waals surface area contributed by atoms with Gasteiger partial charge in [0.1, 0.15) is 16.9 Å². The van der Waals surface area contributed by atoms with E-state index in [2.05, 4.69) is 133 Å². The Morgan fingerprint density at radius 3 is 2.10 bits per heavy atom. The van der Waals surface area contributed by atoms with Crippen LogP contribution in [0.5, 0.6) is 0 Å². The molecule has 0 radical (unpaired) electrons. The SMILES string of the molecule is CC1(C)c2ccc(-c3ccc4oc5ccccc5c4c3)cc2-c2nc(-n3c4ccccc4c4cc5ccccc5cc43)c(-c3ccncc3)nc21. The van der Waals surface area contributed by atoms with Crippen molar-refractivity contribution in [2.24, 2.45) is 0 Å². The van der Waals surface area contributed by atoms with Gasteiger partial charge in [0.15, 0.2) is 5.82 Å². The van der Waals surface area contributed by atoms with E-state index in [1.165, 1.54) is 27.1 Å². The van der Waals surface area contributed by atoms with Gasteiger partial charge in [-0.3, -0.25) is 9.55 Å². The monoisotopic (exact) mass is 654 g/mol. The molecule has 5 heteroatoms. The predicted octanol–water partition coefficient (Wildman–Crippen LogP) is 11.7. The fourth-order valence-corrected chi connectivity index (χ4v) is 8.29. The summed E-state index contributed by atoms with van der Waals surface area (Å²) in [5.41, 5.74) is 12.0. The summed E-state index contributed by atoms with van der Waals surface area (Å²) in [7, 11) is 0. The molecule has 6 aromatic carbocycles. The van der Waals surface area contributed by atoms with Gasteiger partial charge >= 0.3 is 0 Å². The lowest BCUT2D eigenvalue weighted by molar-refractivity contribution is 0.635. The van der Waals surface area contributed by atoms with E-state index in [9.17, 15) is 0 Å². The van der Waals surface area contributed by atoms with Crippen LogP contribution in [0.1, 0.15) is 25.1 Å². The molecule has 4 heterocycles. The smallest absolute Gasteiger partial charge is 0.165 e. The highest BCUT2D eigenvalue weighted by atomic mass is 16.3. The van der Waals surface area contributed by atoms with Gasteiger partial charge in [0.2, 0.25) is 0 Å². The molecule has 0 bridgehead atoms. The van der Waals surface area contributed by atoms with E-state index >= 15 is 0 Å². The van der Waals surface area contributed by atoms with Crippen LogP contribution in [0.3, 0.4) is 0 Å². The first-order chi connectivity index (χ1) is 25.0. The molecule has 4 aromatic heterocycles. The Morgan fingerprint density at radius 2 is 1.24 bits per heavy atom. The van der Waals surface area contributed by atoms with Crippen LogP contribution in [-0.4, -0.2) is 19.5 Å². The minimum atomic E-state index is -0.349. The molecule has 240 valence electrons. The molecule has 0 saturated heterocycles. The van der Waals surface area contributed by atoms with Crippen molar-refractivity contribution in [3.8, 4) is 39.5 Å². The number of benzene rings is 6. The number of pyridine rings is 1. The van der Waals surface area contributed by atoms with Crippen LogP contribution in [0, 0.1) is 0 Å². The summed E-state index contributed by atoms with van der Waals surface area (Å²) in [6.07, 6.45) is 3.67. The Hall–Kier alpha value is -6.59.